The number of hydrogen-bond acceptors (Lipinski definition) is 5. The Morgan fingerprint density at radius 2 is 1.72 bits per heavy atom. The van der Waals surface area contributed by atoms with E-state index in [2.05, 4.69) is 0 Å². The molecule has 0 radical (unpaired) electrons. The molecule has 106 valence electrons. The summed E-state index contributed by atoms with van der Waals surface area (Å²) < 4.78 is 10.3. The average molecular weight is 259 g/mol. The highest BCUT2D eigenvalue weighted by Gasteiger charge is 2.19. The van der Waals surface area contributed by atoms with Crippen LogP contribution < -0.4 is 0 Å². The van der Waals surface area contributed by atoms with Crippen molar-refractivity contribution >= 4 is 11.9 Å². The summed E-state index contributed by atoms with van der Waals surface area (Å²) in [5.41, 5.74) is 0. The van der Waals surface area contributed by atoms with Gasteiger partial charge in [-0.3, -0.25) is 9.59 Å². The zero-order valence-corrected chi connectivity index (χ0v) is 12.1. The summed E-state index contributed by atoms with van der Waals surface area (Å²) in [6.45, 7) is 6.09. The van der Waals surface area contributed by atoms with E-state index >= 15 is 0 Å². The van der Waals surface area contributed by atoms with Crippen molar-refractivity contribution in [3.8, 4) is 0 Å². The highest BCUT2D eigenvalue weighted by molar-refractivity contribution is 5.72. The molecule has 0 saturated heterocycles. The molecular weight excluding hydrogens is 234 g/mol. The van der Waals surface area contributed by atoms with E-state index in [9.17, 15) is 9.59 Å². The van der Waals surface area contributed by atoms with Gasteiger partial charge in [0, 0.05) is 13.0 Å². The van der Waals surface area contributed by atoms with E-state index in [1.54, 1.807) is 20.8 Å². The van der Waals surface area contributed by atoms with Crippen LogP contribution in [0.3, 0.4) is 0 Å². The van der Waals surface area contributed by atoms with Crippen molar-refractivity contribution < 1.29 is 19.1 Å². The number of hydrogen-bond donors (Lipinski definition) is 0. The van der Waals surface area contributed by atoms with Crippen LogP contribution in [-0.2, 0) is 19.1 Å². The van der Waals surface area contributed by atoms with Crippen molar-refractivity contribution in [3.05, 3.63) is 0 Å². The van der Waals surface area contributed by atoms with Crippen molar-refractivity contribution in [3.63, 3.8) is 0 Å². The summed E-state index contributed by atoms with van der Waals surface area (Å²) in [6, 6.07) is 0. The summed E-state index contributed by atoms with van der Waals surface area (Å²) in [5, 5.41) is 0. The third-order valence-corrected chi connectivity index (χ3v) is 2.25. The van der Waals surface area contributed by atoms with E-state index in [0.29, 0.717) is 12.8 Å². The largest absolute Gasteiger partial charge is 0.463 e. The third-order valence-electron chi connectivity index (χ3n) is 2.25. The highest BCUT2D eigenvalue weighted by Crippen LogP contribution is 2.09. The zero-order chi connectivity index (χ0) is 14.1. The van der Waals surface area contributed by atoms with Crippen LogP contribution in [0.25, 0.3) is 0 Å². The first-order chi connectivity index (χ1) is 8.35. The molecule has 5 nitrogen and oxygen atoms in total. The standard InChI is InChI=1S/C13H25NO4/c1-6-12(15)18-11(7-8-14(4)5)9-13(16)17-10(2)3/h10-11H,6-9H2,1-5H3/t11-/m0/s1. The first kappa shape index (κ1) is 16.9. The van der Waals surface area contributed by atoms with Crippen molar-refractivity contribution in [2.24, 2.45) is 0 Å². The molecule has 18 heavy (non-hydrogen) atoms. The van der Waals surface area contributed by atoms with Gasteiger partial charge in [0.15, 0.2) is 0 Å². The van der Waals surface area contributed by atoms with Gasteiger partial charge < -0.3 is 14.4 Å². The quantitative estimate of drug-likeness (QED) is 0.620. The van der Waals surface area contributed by atoms with Gasteiger partial charge in [-0.05, 0) is 34.4 Å². The molecule has 0 heterocycles. The lowest BCUT2D eigenvalue weighted by molar-refractivity contribution is -0.157. The lowest BCUT2D eigenvalue weighted by Crippen LogP contribution is -2.27. The third kappa shape index (κ3) is 8.98. The van der Waals surface area contributed by atoms with Gasteiger partial charge in [-0.2, -0.15) is 0 Å². The number of carbonyl (C=O) groups is 2. The fourth-order valence-electron chi connectivity index (χ4n) is 1.37. The predicted molar refractivity (Wildman–Crippen MR) is 69.2 cm³/mol. The zero-order valence-electron chi connectivity index (χ0n) is 12.1. The average Bonchev–Trinajstić information content (AvgIpc) is 2.24. The van der Waals surface area contributed by atoms with Crippen molar-refractivity contribution in [2.45, 2.75) is 52.2 Å². The van der Waals surface area contributed by atoms with Crippen LogP contribution in [0, 0.1) is 0 Å². The smallest absolute Gasteiger partial charge is 0.309 e. The van der Waals surface area contributed by atoms with Gasteiger partial charge in [-0.25, -0.2) is 0 Å². The fraction of sp³-hybridized carbons (Fsp3) is 0.846. The minimum Gasteiger partial charge on any atom is -0.463 e. The van der Waals surface area contributed by atoms with Gasteiger partial charge in [-0.15, -0.1) is 0 Å². The van der Waals surface area contributed by atoms with E-state index in [0.717, 1.165) is 6.54 Å². The van der Waals surface area contributed by atoms with Crippen LogP contribution in [0.1, 0.15) is 40.0 Å². The number of rotatable bonds is 8. The summed E-state index contributed by atoms with van der Waals surface area (Å²) in [6.07, 6.45) is 0.529. The van der Waals surface area contributed by atoms with E-state index in [4.69, 9.17) is 9.47 Å². The highest BCUT2D eigenvalue weighted by atomic mass is 16.6. The first-order valence-electron chi connectivity index (χ1n) is 6.38. The van der Waals surface area contributed by atoms with Crippen molar-refractivity contribution in [1.29, 1.82) is 0 Å². The predicted octanol–water partition coefficient (Wildman–Crippen LogP) is 1.60. The Kier molecular flexibility index (Phi) is 8.37. The summed E-state index contributed by atoms with van der Waals surface area (Å²) in [7, 11) is 3.87. The number of nitrogens with zero attached hydrogens (tertiary/aromatic N) is 1. The van der Waals surface area contributed by atoms with Crippen LogP contribution in [0.5, 0.6) is 0 Å². The molecule has 0 bridgehead atoms. The maximum absolute atomic E-state index is 11.6. The van der Waals surface area contributed by atoms with Gasteiger partial charge in [0.25, 0.3) is 0 Å². The molecule has 0 saturated carbocycles. The molecule has 0 aliphatic carbocycles. The normalized spacial score (nSPS) is 12.6. The molecule has 0 rings (SSSR count). The van der Waals surface area contributed by atoms with Gasteiger partial charge in [0.1, 0.15) is 6.10 Å². The van der Waals surface area contributed by atoms with Crippen LogP contribution in [0.4, 0.5) is 0 Å². The minimum absolute atomic E-state index is 0.123. The number of esters is 2. The number of ether oxygens (including phenoxy) is 2. The lowest BCUT2D eigenvalue weighted by Gasteiger charge is -2.19. The fourth-order valence-corrected chi connectivity index (χ4v) is 1.37. The maximum atomic E-state index is 11.6. The Morgan fingerprint density at radius 3 is 2.17 bits per heavy atom. The second kappa shape index (κ2) is 8.91. The van der Waals surface area contributed by atoms with Crippen LogP contribution in [0.15, 0.2) is 0 Å². The van der Waals surface area contributed by atoms with Crippen LogP contribution in [0.2, 0.25) is 0 Å². The van der Waals surface area contributed by atoms with Gasteiger partial charge >= 0.3 is 11.9 Å². The minimum atomic E-state index is -0.397. The van der Waals surface area contributed by atoms with Gasteiger partial charge in [0.05, 0.1) is 12.5 Å². The molecule has 0 aromatic rings. The second-order valence-electron chi connectivity index (χ2n) is 4.80. The molecule has 0 aliphatic heterocycles. The molecule has 0 aromatic heterocycles. The van der Waals surface area contributed by atoms with Crippen molar-refractivity contribution in [2.75, 3.05) is 20.6 Å². The molecule has 0 N–H and O–H groups in total. The Hall–Kier alpha value is -1.10. The van der Waals surface area contributed by atoms with E-state index in [-0.39, 0.29) is 24.5 Å². The topological polar surface area (TPSA) is 55.8 Å². The van der Waals surface area contributed by atoms with E-state index in [1.165, 1.54) is 0 Å². The maximum Gasteiger partial charge on any atom is 0.309 e. The molecule has 0 amide bonds. The molecule has 0 aliphatic rings. The molecule has 0 aromatic carbocycles. The Morgan fingerprint density at radius 1 is 1.11 bits per heavy atom. The molecule has 0 unspecified atom stereocenters. The Labute approximate surface area is 109 Å². The summed E-state index contributed by atoms with van der Waals surface area (Å²) in [5.74, 6) is -0.603. The second-order valence-corrected chi connectivity index (χ2v) is 4.80. The number of carbonyl (C=O) groups excluding carboxylic acids is 2. The Balaban J connectivity index is 4.27. The van der Waals surface area contributed by atoms with Crippen LogP contribution in [-0.4, -0.2) is 49.7 Å². The summed E-state index contributed by atoms with van der Waals surface area (Å²) in [4.78, 5) is 24.8. The molecular formula is C13H25NO4. The molecule has 5 heteroatoms. The van der Waals surface area contributed by atoms with Crippen molar-refractivity contribution in [1.82, 2.24) is 4.90 Å². The molecule has 1 atom stereocenters. The van der Waals surface area contributed by atoms with E-state index in [1.807, 2.05) is 19.0 Å². The van der Waals surface area contributed by atoms with E-state index < -0.39 is 6.10 Å². The van der Waals surface area contributed by atoms with Gasteiger partial charge in [0.2, 0.25) is 0 Å². The molecule has 0 spiro atoms. The molecule has 0 fully saturated rings. The first-order valence-corrected chi connectivity index (χ1v) is 6.38. The van der Waals surface area contributed by atoms with Gasteiger partial charge in [-0.1, -0.05) is 6.92 Å². The SMILES string of the molecule is CCC(=O)O[C@@H](CCN(C)C)CC(=O)OC(C)C. The van der Waals surface area contributed by atoms with Crippen LogP contribution >= 0.6 is 0 Å². The lowest BCUT2D eigenvalue weighted by atomic mass is 10.2. The Bertz CT molecular complexity index is 264. The summed E-state index contributed by atoms with van der Waals surface area (Å²) >= 11 is 0. The monoisotopic (exact) mass is 259 g/mol.